The van der Waals surface area contributed by atoms with Crippen LogP contribution >= 0.6 is 0 Å². The minimum absolute atomic E-state index is 0.108. The fraction of sp³-hybridized carbons (Fsp3) is 0.438. The van der Waals surface area contributed by atoms with Crippen molar-refractivity contribution in [3.63, 3.8) is 0 Å². The fourth-order valence-corrected chi connectivity index (χ4v) is 3.26. The first kappa shape index (κ1) is 15.4. The highest BCUT2D eigenvalue weighted by Gasteiger charge is 2.49. The molecule has 1 aromatic rings. The first-order chi connectivity index (χ1) is 9.75. The molecule has 1 aromatic heterocycles. The van der Waals surface area contributed by atoms with E-state index in [0.29, 0.717) is 5.56 Å². The number of rotatable bonds is 3. The summed E-state index contributed by atoms with van der Waals surface area (Å²) in [6, 6.07) is 3.44. The fourth-order valence-electron chi connectivity index (χ4n) is 3.26. The van der Waals surface area contributed by atoms with Crippen LogP contribution in [0.2, 0.25) is 0 Å². The largest absolute Gasteiger partial charge is 0.512 e. The topological polar surface area (TPSA) is 87.5 Å². The number of hydrogen-bond donors (Lipinski definition) is 2. The number of hydrogen-bond acceptors (Lipinski definition) is 5. The lowest BCUT2D eigenvalue weighted by molar-refractivity contribution is -0.132. The Bertz CT molecular complexity index is 604. The van der Waals surface area contributed by atoms with Gasteiger partial charge in [0, 0.05) is 30.3 Å². The quantitative estimate of drug-likeness (QED) is 0.887. The summed E-state index contributed by atoms with van der Waals surface area (Å²) < 4.78 is 0. The molecule has 112 valence electrons. The molecule has 0 bridgehead atoms. The molecule has 0 saturated carbocycles. The Morgan fingerprint density at radius 2 is 2.05 bits per heavy atom. The predicted octanol–water partition coefficient (Wildman–Crippen LogP) is 1.93. The summed E-state index contributed by atoms with van der Waals surface area (Å²) in [5.74, 6) is -2.16. The van der Waals surface area contributed by atoms with Crippen LogP contribution in [0.4, 0.5) is 0 Å². The van der Waals surface area contributed by atoms with Gasteiger partial charge in [-0.05, 0) is 32.4 Å². The van der Waals surface area contributed by atoms with Crippen molar-refractivity contribution in [2.24, 2.45) is 5.92 Å². The highest BCUT2D eigenvalue weighted by Crippen LogP contribution is 2.46. The van der Waals surface area contributed by atoms with Crippen LogP contribution in [0.1, 0.15) is 38.7 Å². The first-order valence-corrected chi connectivity index (χ1v) is 6.81. The van der Waals surface area contributed by atoms with E-state index in [1.54, 1.807) is 24.5 Å². The average molecular weight is 289 g/mol. The van der Waals surface area contributed by atoms with Gasteiger partial charge >= 0.3 is 0 Å². The molecule has 0 aromatic carbocycles. The summed E-state index contributed by atoms with van der Waals surface area (Å²) >= 11 is 0. The number of nitrogens with zero attached hydrogens (tertiary/aromatic N) is 1. The van der Waals surface area contributed by atoms with Gasteiger partial charge in [-0.25, -0.2) is 0 Å². The first-order valence-electron chi connectivity index (χ1n) is 6.81. The molecular formula is C16H19NO4. The van der Waals surface area contributed by atoms with E-state index in [-0.39, 0.29) is 29.3 Å². The number of Topliss-reactive ketones (excluding diaryl/α,β-unsaturated/α-hetero) is 2. The van der Waals surface area contributed by atoms with E-state index in [1.807, 2.05) is 0 Å². The Hall–Kier alpha value is -2.01. The van der Waals surface area contributed by atoms with Crippen LogP contribution in [-0.4, -0.2) is 32.4 Å². The van der Waals surface area contributed by atoms with Gasteiger partial charge in [-0.3, -0.25) is 14.6 Å². The van der Waals surface area contributed by atoms with Gasteiger partial charge in [0.25, 0.3) is 0 Å². The minimum atomic E-state index is -1.41. The van der Waals surface area contributed by atoms with Crippen molar-refractivity contribution in [1.82, 2.24) is 4.98 Å². The molecule has 21 heavy (non-hydrogen) atoms. The molecular weight excluding hydrogens is 270 g/mol. The van der Waals surface area contributed by atoms with E-state index in [4.69, 9.17) is 0 Å². The Balaban J connectivity index is 2.69. The van der Waals surface area contributed by atoms with Crippen LogP contribution in [0.25, 0.3) is 0 Å². The molecule has 3 atom stereocenters. The van der Waals surface area contributed by atoms with E-state index in [2.05, 4.69) is 4.98 Å². The number of carbonyl (C=O) groups is 2. The number of carbonyl (C=O) groups excluding carboxylic acids is 2. The number of aliphatic hydroxyl groups is 2. The average Bonchev–Trinajstić information content (AvgIpc) is 2.36. The van der Waals surface area contributed by atoms with Crippen molar-refractivity contribution >= 4 is 11.6 Å². The van der Waals surface area contributed by atoms with Crippen molar-refractivity contribution in [3.05, 3.63) is 41.4 Å². The van der Waals surface area contributed by atoms with E-state index < -0.39 is 17.4 Å². The van der Waals surface area contributed by atoms with Gasteiger partial charge in [0.15, 0.2) is 5.78 Å². The molecule has 0 fully saturated rings. The van der Waals surface area contributed by atoms with Gasteiger partial charge in [-0.2, -0.15) is 0 Å². The second-order valence-corrected chi connectivity index (χ2v) is 5.80. The monoisotopic (exact) mass is 289 g/mol. The Kier molecular flexibility index (Phi) is 3.96. The van der Waals surface area contributed by atoms with Gasteiger partial charge < -0.3 is 10.2 Å². The maximum absolute atomic E-state index is 12.1. The molecule has 2 rings (SSSR count). The highest BCUT2D eigenvalue weighted by atomic mass is 16.3. The summed E-state index contributed by atoms with van der Waals surface area (Å²) in [5, 5.41) is 20.7. The van der Waals surface area contributed by atoms with Gasteiger partial charge in [-0.1, -0.05) is 6.07 Å². The third kappa shape index (κ3) is 2.74. The number of aromatic nitrogens is 1. The molecule has 1 aliphatic rings. The second-order valence-electron chi connectivity index (χ2n) is 5.80. The zero-order valence-corrected chi connectivity index (χ0v) is 12.3. The highest BCUT2D eigenvalue weighted by molar-refractivity contribution is 5.97. The standard InChI is InChI=1S/C16H19NO4/c1-9(18)13-12(20)7-16(3,21)15(10(2)19)14(13)11-5-4-6-17-8-11/h4-6,8,14-15,20-21H,7H2,1-3H3/t14-,15-,16-/m0/s1. The van der Waals surface area contributed by atoms with Crippen molar-refractivity contribution in [2.45, 2.75) is 38.7 Å². The zero-order valence-electron chi connectivity index (χ0n) is 12.3. The molecule has 0 unspecified atom stereocenters. The lowest BCUT2D eigenvalue weighted by atomic mass is 9.64. The van der Waals surface area contributed by atoms with Crippen LogP contribution < -0.4 is 0 Å². The second kappa shape index (κ2) is 5.41. The van der Waals surface area contributed by atoms with Gasteiger partial charge in [0.05, 0.1) is 11.5 Å². The van der Waals surface area contributed by atoms with Crippen LogP contribution in [0.3, 0.4) is 0 Å². The molecule has 0 saturated heterocycles. The van der Waals surface area contributed by atoms with Crippen molar-refractivity contribution < 1.29 is 19.8 Å². The lowest BCUT2D eigenvalue weighted by Gasteiger charge is -2.41. The van der Waals surface area contributed by atoms with Crippen LogP contribution in [0, 0.1) is 5.92 Å². The number of pyridine rings is 1. The third-order valence-corrected chi connectivity index (χ3v) is 4.01. The summed E-state index contributed by atoms with van der Waals surface area (Å²) in [5.41, 5.74) is -0.584. The maximum atomic E-state index is 12.1. The molecule has 1 heterocycles. The Morgan fingerprint density at radius 1 is 1.38 bits per heavy atom. The van der Waals surface area contributed by atoms with Crippen LogP contribution in [0.15, 0.2) is 35.9 Å². The lowest BCUT2D eigenvalue weighted by Crippen LogP contribution is -2.47. The van der Waals surface area contributed by atoms with Crippen LogP contribution in [0.5, 0.6) is 0 Å². The SMILES string of the molecule is CC(=O)C1=C(O)C[C@](C)(O)[C@@H](C(C)=O)[C@H]1c1cccnc1. The normalized spacial score (nSPS) is 29.3. The van der Waals surface area contributed by atoms with Gasteiger partial charge in [-0.15, -0.1) is 0 Å². The van der Waals surface area contributed by atoms with E-state index in [1.165, 1.54) is 20.8 Å². The molecule has 1 aliphatic carbocycles. The van der Waals surface area contributed by atoms with E-state index >= 15 is 0 Å². The zero-order chi connectivity index (χ0) is 15.8. The molecule has 0 radical (unpaired) electrons. The Morgan fingerprint density at radius 3 is 2.52 bits per heavy atom. The summed E-state index contributed by atoms with van der Waals surface area (Å²) in [7, 11) is 0. The molecule has 0 aliphatic heterocycles. The third-order valence-electron chi connectivity index (χ3n) is 4.01. The predicted molar refractivity (Wildman–Crippen MR) is 76.7 cm³/mol. The number of ketones is 2. The van der Waals surface area contributed by atoms with Crippen molar-refractivity contribution in [3.8, 4) is 0 Å². The van der Waals surface area contributed by atoms with Crippen molar-refractivity contribution in [1.29, 1.82) is 0 Å². The summed E-state index contributed by atoms with van der Waals surface area (Å²) in [6.07, 6.45) is 3.03. The number of aliphatic hydroxyl groups excluding tert-OH is 1. The van der Waals surface area contributed by atoms with Gasteiger partial charge in [0.1, 0.15) is 11.5 Å². The molecule has 5 nitrogen and oxygen atoms in total. The molecule has 0 spiro atoms. The smallest absolute Gasteiger partial charge is 0.159 e. The minimum Gasteiger partial charge on any atom is -0.512 e. The maximum Gasteiger partial charge on any atom is 0.159 e. The van der Waals surface area contributed by atoms with E-state index in [9.17, 15) is 19.8 Å². The molecule has 2 N–H and O–H groups in total. The Labute approximate surface area is 123 Å². The summed E-state index contributed by atoms with van der Waals surface area (Å²) in [6.45, 7) is 4.25. The summed E-state index contributed by atoms with van der Waals surface area (Å²) in [4.78, 5) is 28.0. The number of allylic oxidation sites excluding steroid dienone is 1. The van der Waals surface area contributed by atoms with E-state index in [0.717, 1.165) is 0 Å². The molecule has 5 heteroatoms. The van der Waals surface area contributed by atoms with Crippen LogP contribution in [-0.2, 0) is 9.59 Å². The molecule has 0 amide bonds. The van der Waals surface area contributed by atoms with Gasteiger partial charge in [0.2, 0.25) is 0 Å². The van der Waals surface area contributed by atoms with Crippen molar-refractivity contribution in [2.75, 3.05) is 0 Å².